The Morgan fingerprint density at radius 3 is 2.52 bits per heavy atom. The van der Waals surface area contributed by atoms with Gasteiger partial charge < -0.3 is 0 Å². The van der Waals surface area contributed by atoms with Crippen molar-refractivity contribution in [3.8, 4) is 0 Å². The summed E-state index contributed by atoms with van der Waals surface area (Å²) in [7, 11) is 0. The summed E-state index contributed by atoms with van der Waals surface area (Å²) in [5, 5.41) is 0. The summed E-state index contributed by atoms with van der Waals surface area (Å²) in [6, 6.07) is 0. The molecule has 0 saturated heterocycles. The van der Waals surface area contributed by atoms with Gasteiger partial charge in [0.15, 0.2) is 5.78 Å². The number of rotatable bonds is 1. The van der Waals surface area contributed by atoms with Gasteiger partial charge in [-0.3, -0.25) is 9.59 Å². The Labute approximate surface area is 176 Å². The van der Waals surface area contributed by atoms with Crippen LogP contribution < -0.4 is 0 Å². The lowest BCUT2D eigenvalue weighted by Gasteiger charge is -2.60. The number of allylic oxidation sites excluding steroid dienone is 3. The fourth-order valence-corrected chi connectivity index (χ4v) is 9.37. The molecule has 0 aromatic heterocycles. The number of hydrogen-bond acceptors (Lipinski definition) is 2. The Bertz CT molecular complexity index is 847. The Hall–Kier alpha value is -1.18. The highest BCUT2D eigenvalue weighted by Crippen LogP contribution is 2.74. The highest BCUT2D eigenvalue weighted by Gasteiger charge is 2.69. The predicted molar refractivity (Wildman–Crippen MR) is 116 cm³/mol. The van der Waals surface area contributed by atoms with E-state index in [1.165, 1.54) is 42.4 Å². The first-order valence-electron chi connectivity index (χ1n) is 12.0. The summed E-state index contributed by atoms with van der Waals surface area (Å²) in [6.07, 6.45) is 11.9. The number of carbonyl (C=O) groups is 2. The zero-order valence-corrected chi connectivity index (χ0v) is 19.1. The lowest BCUT2D eigenvalue weighted by Crippen LogP contribution is -2.55. The summed E-state index contributed by atoms with van der Waals surface area (Å²) in [4.78, 5) is 25.4. The molecular formula is C27H38O2. The third kappa shape index (κ3) is 2.35. The molecule has 7 atom stereocenters. The minimum absolute atomic E-state index is 0.133. The third-order valence-corrected chi connectivity index (χ3v) is 11.1. The van der Waals surface area contributed by atoms with E-state index >= 15 is 0 Å². The van der Waals surface area contributed by atoms with Gasteiger partial charge in [-0.15, -0.1) is 0 Å². The van der Waals surface area contributed by atoms with Crippen LogP contribution in [0, 0.1) is 39.9 Å². The van der Waals surface area contributed by atoms with Crippen LogP contribution in [-0.2, 0) is 9.59 Å². The Morgan fingerprint density at radius 2 is 1.79 bits per heavy atom. The number of ketones is 2. The van der Waals surface area contributed by atoms with Crippen LogP contribution >= 0.6 is 0 Å². The molecule has 5 aliphatic rings. The van der Waals surface area contributed by atoms with Crippen molar-refractivity contribution in [3.63, 3.8) is 0 Å². The molecule has 2 nitrogen and oxygen atoms in total. The van der Waals surface area contributed by atoms with Gasteiger partial charge in [-0.2, -0.15) is 0 Å². The third-order valence-electron chi connectivity index (χ3n) is 11.1. The topological polar surface area (TPSA) is 34.1 Å². The van der Waals surface area contributed by atoms with E-state index in [1.54, 1.807) is 0 Å². The van der Waals surface area contributed by atoms with Crippen molar-refractivity contribution < 1.29 is 9.59 Å². The SMILES string of the molecule is CC(=O)[C@]12CC(C)=C(C)C[C@@H]1C[C@@H]1[C@H]3CCC4=CC(=O)CC[C@]4(C)[C@@H]3CC[C@]12C. The molecule has 2 heteroatoms. The average molecular weight is 395 g/mol. The lowest BCUT2D eigenvalue weighted by molar-refractivity contribution is -0.145. The van der Waals surface area contributed by atoms with Gasteiger partial charge in [0.1, 0.15) is 5.78 Å². The molecule has 5 rings (SSSR count). The molecule has 0 radical (unpaired) electrons. The normalized spacial score (nSPS) is 49.0. The molecule has 0 aromatic carbocycles. The van der Waals surface area contributed by atoms with Gasteiger partial charge in [0.2, 0.25) is 0 Å². The van der Waals surface area contributed by atoms with Crippen LogP contribution in [0.2, 0.25) is 0 Å². The maximum atomic E-state index is 13.3. The molecule has 3 fully saturated rings. The van der Waals surface area contributed by atoms with Gasteiger partial charge in [0.05, 0.1) is 0 Å². The van der Waals surface area contributed by atoms with Gasteiger partial charge >= 0.3 is 0 Å². The minimum atomic E-state index is -0.133. The van der Waals surface area contributed by atoms with E-state index in [1.807, 2.05) is 13.0 Å². The zero-order chi connectivity index (χ0) is 20.8. The highest BCUT2D eigenvalue weighted by molar-refractivity contribution is 5.91. The quantitative estimate of drug-likeness (QED) is 0.479. The standard InChI is InChI=1S/C27H38O2/c1-16-12-20-14-24-22-7-6-19-13-21(29)8-10-25(19,4)23(22)9-11-26(24,5)27(20,18(3)28)15-17(16)2/h13,20,22-24H,6-12,14-15H2,1-5H3/t20-,22+,23-,24-,25+,26-,27-/m1/s1. The molecule has 0 bridgehead atoms. The molecule has 0 N–H and O–H groups in total. The van der Waals surface area contributed by atoms with E-state index in [9.17, 15) is 9.59 Å². The molecule has 0 spiro atoms. The monoisotopic (exact) mass is 394 g/mol. The second-order valence-electron chi connectivity index (χ2n) is 11.8. The molecular weight excluding hydrogens is 356 g/mol. The molecule has 158 valence electrons. The van der Waals surface area contributed by atoms with E-state index in [4.69, 9.17) is 0 Å². The average Bonchev–Trinajstić information content (AvgIpc) is 2.92. The Morgan fingerprint density at radius 1 is 1.03 bits per heavy atom. The van der Waals surface area contributed by atoms with Gasteiger partial charge in [0, 0.05) is 11.8 Å². The van der Waals surface area contributed by atoms with Crippen molar-refractivity contribution in [1.82, 2.24) is 0 Å². The van der Waals surface area contributed by atoms with Gasteiger partial charge in [-0.25, -0.2) is 0 Å². The second kappa shape index (κ2) is 6.17. The summed E-state index contributed by atoms with van der Waals surface area (Å²) in [6.45, 7) is 11.4. The van der Waals surface area contributed by atoms with Crippen molar-refractivity contribution in [2.24, 2.45) is 39.9 Å². The van der Waals surface area contributed by atoms with E-state index in [0.717, 1.165) is 38.0 Å². The molecule has 0 aliphatic heterocycles. The first-order valence-corrected chi connectivity index (χ1v) is 12.0. The number of hydrogen-bond donors (Lipinski definition) is 0. The maximum Gasteiger partial charge on any atom is 0.155 e. The van der Waals surface area contributed by atoms with Crippen LogP contribution in [0.5, 0.6) is 0 Å². The summed E-state index contributed by atoms with van der Waals surface area (Å²) >= 11 is 0. The summed E-state index contributed by atoms with van der Waals surface area (Å²) in [5.41, 5.74) is 4.70. The van der Waals surface area contributed by atoms with Crippen LogP contribution in [0.3, 0.4) is 0 Å². The first kappa shape index (κ1) is 19.8. The van der Waals surface area contributed by atoms with Gasteiger partial charge in [0.25, 0.3) is 0 Å². The lowest BCUT2D eigenvalue weighted by atomic mass is 9.43. The predicted octanol–water partition coefficient (Wildman–Crippen LogP) is 6.45. The number of Topliss-reactive ketones (excluding diaryl/α,β-unsaturated/α-hetero) is 1. The first-order chi connectivity index (χ1) is 13.6. The smallest absolute Gasteiger partial charge is 0.155 e. The Balaban J connectivity index is 1.56. The summed E-state index contributed by atoms with van der Waals surface area (Å²) < 4.78 is 0. The zero-order valence-electron chi connectivity index (χ0n) is 19.1. The van der Waals surface area contributed by atoms with Crippen LogP contribution in [0.4, 0.5) is 0 Å². The number of fused-ring (bicyclic) bond motifs is 7. The van der Waals surface area contributed by atoms with E-state index < -0.39 is 0 Å². The molecule has 0 unspecified atom stereocenters. The molecule has 0 aromatic rings. The van der Waals surface area contributed by atoms with Crippen LogP contribution in [0.15, 0.2) is 22.8 Å². The molecule has 0 heterocycles. The van der Waals surface area contributed by atoms with Crippen molar-refractivity contribution in [1.29, 1.82) is 0 Å². The van der Waals surface area contributed by atoms with Crippen molar-refractivity contribution in [2.75, 3.05) is 0 Å². The molecule has 0 amide bonds. The highest BCUT2D eigenvalue weighted by atomic mass is 16.1. The summed E-state index contributed by atoms with van der Waals surface area (Å²) in [5.74, 6) is 3.44. The number of carbonyl (C=O) groups excluding carboxylic acids is 2. The van der Waals surface area contributed by atoms with Crippen LogP contribution in [0.25, 0.3) is 0 Å². The Kier molecular flexibility index (Phi) is 4.21. The minimum Gasteiger partial charge on any atom is -0.299 e. The largest absolute Gasteiger partial charge is 0.299 e. The van der Waals surface area contributed by atoms with Gasteiger partial charge in [-0.1, -0.05) is 30.6 Å². The second-order valence-corrected chi connectivity index (χ2v) is 11.8. The fraction of sp³-hybridized carbons (Fsp3) is 0.778. The van der Waals surface area contributed by atoms with E-state index in [2.05, 4.69) is 27.7 Å². The van der Waals surface area contributed by atoms with Gasteiger partial charge in [-0.05, 0) is 113 Å². The van der Waals surface area contributed by atoms with E-state index in [0.29, 0.717) is 29.3 Å². The fourth-order valence-electron chi connectivity index (χ4n) is 9.37. The van der Waals surface area contributed by atoms with E-state index in [-0.39, 0.29) is 16.2 Å². The molecule has 29 heavy (non-hydrogen) atoms. The molecule has 3 saturated carbocycles. The van der Waals surface area contributed by atoms with Crippen molar-refractivity contribution >= 4 is 11.6 Å². The van der Waals surface area contributed by atoms with Crippen LogP contribution in [-0.4, -0.2) is 11.6 Å². The molecule has 5 aliphatic carbocycles. The van der Waals surface area contributed by atoms with Crippen LogP contribution in [0.1, 0.15) is 92.4 Å². The maximum absolute atomic E-state index is 13.3. The van der Waals surface area contributed by atoms with Crippen molar-refractivity contribution in [2.45, 2.75) is 92.4 Å². The van der Waals surface area contributed by atoms with Crippen molar-refractivity contribution in [3.05, 3.63) is 22.8 Å².